The van der Waals surface area contributed by atoms with Crippen molar-refractivity contribution in [1.29, 1.82) is 0 Å². The molecule has 0 bridgehead atoms. The van der Waals surface area contributed by atoms with Crippen LogP contribution in [0.25, 0.3) is 0 Å². The number of rotatable bonds is 6. The highest BCUT2D eigenvalue weighted by molar-refractivity contribution is 5.89. The zero-order valence-corrected chi connectivity index (χ0v) is 12.5. The zero-order chi connectivity index (χ0) is 15.2. The molecule has 5 heteroatoms. The molecule has 0 saturated carbocycles. The van der Waals surface area contributed by atoms with Crippen LogP contribution in [-0.4, -0.2) is 24.7 Å². The van der Waals surface area contributed by atoms with E-state index in [0.29, 0.717) is 30.4 Å². The molecule has 0 aliphatic carbocycles. The van der Waals surface area contributed by atoms with Crippen LogP contribution in [0.1, 0.15) is 34.4 Å². The Morgan fingerprint density at radius 2 is 1.95 bits per heavy atom. The van der Waals surface area contributed by atoms with Crippen molar-refractivity contribution >= 4 is 5.97 Å². The topological polar surface area (TPSA) is 61.6 Å². The molecule has 0 saturated heterocycles. The van der Waals surface area contributed by atoms with Crippen molar-refractivity contribution in [3.05, 3.63) is 47.0 Å². The third-order valence-corrected chi connectivity index (χ3v) is 3.08. The number of esters is 1. The van der Waals surface area contributed by atoms with Gasteiger partial charge < -0.3 is 13.9 Å². The largest absolute Gasteiger partial charge is 0.465 e. The van der Waals surface area contributed by atoms with E-state index in [4.69, 9.17) is 9.15 Å². The number of nitrogens with zero attached hydrogens (tertiary/aromatic N) is 1. The molecule has 112 valence electrons. The van der Waals surface area contributed by atoms with Crippen molar-refractivity contribution < 1.29 is 18.7 Å². The normalized spacial score (nSPS) is 10.4. The number of benzene rings is 1. The van der Waals surface area contributed by atoms with E-state index >= 15 is 0 Å². The molecule has 0 amide bonds. The molecule has 0 fully saturated rings. The SMILES string of the molecule is CCOc1oc(CCc2ccc(C(=O)OC)cc2)nc1C. The Labute approximate surface area is 123 Å². The molecule has 1 aromatic heterocycles. The summed E-state index contributed by atoms with van der Waals surface area (Å²) in [5.41, 5.74) is 2.43. The van der Waals surface area contributed by atoms with Gasteiger partial charge in [-0.3, -0.25) is 0 Å². The summed E-state index contributed by atoms with van der Waals surface area (Å²) >= 11 is 0. The van der Waals surface area contributed by atoms with Crippen molar-refractivity contribution in [2.24, 2.45) is 0 Å². The standard InChI is InChI=1S/C16H19NO4/c1-4-20-16-11(2)17-14(21-16)10-7-12-5-8-13(9-6-12)15(18)19-3/h5-6,8-9H,4,7,10H2,1-3H3. The van der Waals surface area contributed by atoms with Crippen molar-refractivity contribution in [2.45, 2.75) is 26.7 Å². The minimum Gasteiger partial charge on any atom is -0.465 e. The summed E-state index contributed by atoms with van der Waals surface area (Å²) in [6, 6.07) is 7.33. The molecule has 2 rings (SSSR count). The Morgan fingerprint density at radius 3 is 2.57 bits per heavy atom. The second-order valence-electron chi connectivity index (χ2n) is 4.60. The van der Waals surface area contributed by atoms with Gasteiger partial charge in [0, 0.05) is 6.42 Å². The fourth-order valence-corrected chi connectivity index (χ4v) is 1.98. The predicted molar refractivity (Wildman–Crippen MR) is 77.6 cm³/mol. The Bertz CT molecular complexity index is 601. The van der Waals surface area contributed by atoms with Gasteiger partial charge in [-0.25, -0.2) is 9.78 Å². The van der Waals surface area contributed by atoms with E-state index < -0.39 is 0 Å². The molecule has 1 aromatic carbocycles. The van der Waals surface area contributed by atoms with Crippen LogP contribution in [0.3, 0.4) is 0 Å². The molecule has 5 nitrogen and oxygen atoms in total. The van der Waals surface area contributed by atoms with Crippen molar-refractivity contribution in [1.82, 2.24) is 4.98 Å². The van der Waals surface area contributed by atoms with Crippen molar-refractivity contribution in [3.8, 4) is 5.95 Å². The summed E-state index contributed by atoms with van der Waals surface area (Å²) in [6.07, 6.45) is 1.47. The van der Waals surface area contributed by atoms with Crippen LogP contribution in [-0.2, 0) is 17.6 Å². The molecule has 0 spiro atoms. The summed E-state index contributed by atoms with van der Waals surface area (Å²) in [7, 11) is 1.37. The van der Waals surface area contributed by atoms with E-state index in [9.17, 15) is 4.79 Å². The number of carbonyl (C=O) groups is 1. The fourth-order valence-electron chi connectivity index (χ4n) is 1.98. The van der Waals surface area contributed by atoms with Gasteiger partial charge in [-0.1, -0.05) is 12.1 Å². The van der Waals surface area contributed by atoms with Crippen molar-refractivity contribution in [3.63, 3.8) is 0 Å². The first-order valence-electron chi connectivity index (χ1n) is 6.90. The summed E-state index contributed by atoms with van der Waals surface area (Å²) in [5, 5.41) is 0. The van der Waals surface area contributed by atoms with Crippen LogP contribution in [0.2, 0.25) is 0 Å². The number of hydrogen-bond donors (Lipinski definition) is 0. The highest BCUT2D eigenvalue weighted by atomic mass is 16.6. The summed E-state index contributed by atoms with van der Waals surface area (Å²) in [5.74, 6) is 0.827. The molecule has 0 N–H and O–H groups in total. The predicted octanol–water partition coefficient (Wildman–Crippen LogP) is 2.95. The zero-order valence-electron chi connectivity index (χ0n) is 12.5. The molecule has 0 aliphatic heterocycles. The van der Waals surface area contributed by atoms with Crippen LogP contribution >= 0.6 is 0 Å². The second kappa shape index (κ2) is 6.92. The summed E-state index contributed by atoms with van der Waals surface area (Å²) in [4.78, 5) is 15.7. The third-order valence-electron chi connectivity index (χ3n) is 3.08. The van der Waals surface area contributed by atoms with Gasteiger partial charge in [-0.15, -0.1) is 0 Å². The number of aromatic nitrogens is 1. The van der Waals surface area contributed by atoms with Crippen LogP contribution < -0.4 is 4.74 Å². The average Bonchev–Trinajstić information content (AvgIpc) is 2.85. The lowest BCUT2D eigenvalue weighted by Crippen LogP contribution is -2.01. The lowest BCUT2D eigenvalue weighted by atomic mass is 10.1. The summed E-state index contributed by atoms with van der Waals surface area (Å²) in [6.45, 7) is 4.33. The van der Waals surface area contributed by atoms with Crippen LogP contribution in [0.4, 0.5) is 0 Å². The van der Waals surface area contributed by atoms with E-state index in [1.165, 1.54) is 7.11 Å². The van der Waals surface area contributed by atoms with Gasteiger partial charge in [-0.2, -0.15) is 0 Å². The molecule has 2 aromatic rings. The minimum atomic E-state index is -0.328. The van der Waals surface area contributed by atoms with Gasteiger partial charge in [-0.05, 0) is 38.0 Å². The van der Waals surface area contributed by atoms with E-state index in [2.05, 4.69) is 9.72 Å². The highest BCUT2D eigenvalue weighted by Gasteiger charge is 2.10. The Hall–Kier alpha value is -2.30. The molecule has 1 heterocycles. The molecule has 0 radical (unpaired) electrons. The first-order chi connectivity index (χ1) is 10.1. The van der Waals surface area contributed by atoms with Gasteiger partial charge in [0.2, 0.25) is 0 Å². The van der Waals surface area contributed by atoms with Gasteiger partial charge in [0.25, 0.3) is 0 Å². The lowest BCUT2D eigenvalue weighted by molar-refractivity contribution is 0.0600. The number of oxazole rings is 1. The average molecular weight is 289 g/mol. The second-order valence-corrected chi connectivity index (χ2v) is 4.60. The Balaban J connectivity index is 1.96. The van der Waals surface area contributed by atoms with E-state index in [0.717, 1.165) is 17.7 Å². The molecule has 0 unspecified atom stereocenters. The fraction of sp³-hybridized carbons (Fsp3) is 0.375. The van der Waals surface area contributed by atoms with E-state index in [-0.39, 0.29) is 5.97 Å². The maximum atomic E-state index is 11.3. The molecular weight excluding hydrogens is 270 g/mol. The Kier molecular flexibility index (Phi) is 4.98. The minimum absolute atomic E-state index is 0.328. The monoisotopic (exact) mass is 289 g/mol. The molecule has 0 aliphatic rings. The number of methoxy groups -OCH3 is 1. The quantitative estimate of drug-likeness (QED) is 0.765. The Morgan fingerprint density at radius 1 is 1.24 bits per heavy atom. The summed E-state index contributed by atoms with van der Waals surface area (Å²) < 4.78 is 15.6. The van der Waals surface area contributed by atoms with Gasteiger partial charge in [0.1, 0.15) is 5.69 Å². The maximum absolute atomic E-state index is 11.3. The van der Waals surface area contributed by atoms with Crippen LogP contribution in [0, 0.1) is 6.92 Å². The number of hydrogen-bond acceptors (Lipinski definition) is 5. The third kappa shape index (κ3) is 3.84. The first-order valence-corrected chi connectivity index (χ1v) is 6.90. The number of aryl methyl sites for hydroxylation is 3. The van der Waals surface area contributed by atoms with E-state index in [1.807, 2.05) is 26.0 Å². The molecule has 21 heavy (non-hydrogen) atoms. The van der Waals surface area contributed by atoms with Crippen molar-refractivity contribution in [2.75, 3.05) is 13.7 Å². The highest BCUT2D eigenvalue weighted by Crippen LogP contribution is 2.20. The van der Waals surface area contributed by atoms with Gasteiger partial charge >= 0.3 is 11.9 Å². The van der Waals surface area contributed by atoms with Gasteiger partial charge in [0.15, 0.2) is 5.89 Å². The van der Waals surface area contributed by atoms with Crippen LogP contribution in [0.15, 0.2) is 28.7 Å². The maximum Gasteiger partial charge on any atom is 0.337 e. The lowest BCUT2D eigenvalue weighted by Gasteiger charge is -2.02. The smallest absolute Gasteiger partial charge is 0.337 e. The molecular formula is C16H19NO4. The van der Waals surface area contributed by atoms with Gasteiger partial charge in [0.05, 0.1) is 19.3 Å². The van der Waals surface area contributed by atoms with E-state index in [1.54, 1.807) is 12.1 Å². The molecule has 0 atom stereocenters. The number of carbonyl (C=O) groups excluding carboxylic acids is 1. The van der Waals surface area contributed by atoms with Crippen LogP contribution in [0.5, 0.6) is 5.95 Å². The number of ether oxygens (including phenoxy) is 2. The first kappa shape index (κ1) is 15.1.